The molecule has 0 saturated heterocycles. The van der Waals surface area contributed by atoms with E-state index >= 15 is 0 Å². The number of anilines is 1. The monoisotopic (exact) mass is 429 g/mol. The van der Waals surface area contributed by atoms with Gasteiger partial charge in [-0.2, -0.15) is 0 Å². The van der Waals surface area contributed by atoms with Crippen LogP contribution in [0.15, 0.2) is 18.2 Å². The maximum Gasteiger partial charge on any atom is 0.301 e. The largest absolute Gasteiger partial charge is 0.393 e. The summed E-state index contributed by atoms with van der Waals surface area (Å²) in [5.41, 5.74) is 7.46. The van der Waals surface area contributed by atoms with Crippen LogP contribution in [-0.4, -0.2) is 39.4 Å². The molecule has 1 fully saturated rings. The highest BCUT2D eigenvalue weighted by Gasteiger charge is 2.36. The number of amides is 2. The number of aliphatic hydroxyl groups is 1. The van der Waals surface area contributed by atoms with Crippen molar-refractivity contribution in [2.24, 2.45) is 12.8 Å². The zero-order chi connectivity index (χ0) is 23.0. The Balaban J connectivity index is 2.06. The van der Waals surface area contributed by atoms with E-state index in [0.29, 0.717) is 48.2 Å². The Morgan fingerprint density at radius 1 is 1.13 bits per heavy atom. The van der Waals surface area contributed by atoms with E-state index in [1.54, 1.807) is 33.9 Å². The van der Waals surface area contributed by atoms with Crippen LogP contribution < -0.4 is 10.6 Å². The highest BCUT2D eigenvalue weighted by Crippen LogP contribution is 2.30. The van der Waals surface area contributed by atoms with Crippen molar-refractivity contribution in [3.8, 4) is 0 Å². The molecule has 3 rings (SSSR count). The van der Waals surface area contributed by atoms with Crippen molar-refractivity contribution >= 4 is 23.3 Å². The fraction of sp³-hybridized carbons (Fsp3) is 0.435. The minimum atomic E-state index is -0.760. The summed E-state index contributed by atoms with van der Waals surface area (Å²) >= 11 is 0. The van der Waals surface area contributed by atoms with Crippen LogP contribution in [0.2, 0.25) is 0 Å². The number of carbonyl (C=O) groups excluding carboxylic acids is 3. The number of benzene rings is 1. The van der Waals surface area contributed by atoms with Gasteiger partial charge in [0.25, 0.3) is 11.7 Å². The number of nitrogens with two attached hydrogens (primary N) is 1. The number of aliphatic hydroxyl groups excluding tert-OH is 1. The molecule has 1 aromatic carbocycles. The van der Waals surface area contributed by atoms with E-state index in [4.69, 9.17) is 5.73 Å². The molecule has 1 saturated carbocycles. The van der Waals surface area contributed by atoms with Crippen molar-refractivity contribution in [2.75, 3.05) is 4.90 Å². The molecule has 1 aliphatic rings. The summed E-state index contributed by atoms with van der Waals surface area (Å²) in [5.74, 6) is -2.58. The van der Waals surface area contributed by atoms with Gasteiger partial charge in [0.1, 0.15) is 5.82 Å². The highest BCUT2D eigenvalue weighted by molar-refractivity contribution is 6.47. The highest BCUT2D eigenvalue weighted by atomic mass is 19.1. The molecule has 1 aromatic heterocycles. The number of carbonyl (C=O) groups is 3. The van der Waals surface area contributed by atoms with Crippen LogP contribution in [0.3, 0.4) is 0 Å². The van der Waals surface area contributed by atoms with Crippen LogP contribution in [0.4, 0.5) is 10.1 Å². The third kappa shape index (κ3) is 4.12. The van der Waals surface area contributed by atoms with Crippen molar-refractivity contribution in [1.29, 1.82) is 0 Å². The molecule has 31 heavy (non-hydrogen) atoms. The lowest BCUT2D eigenvalue weighted by Crippen LogP contribution is -2.47. The third-order valence-corrected chi connectivity index (χ3v) is 6.26. The Bertz CT molecular complexity index is 1050. The molecule has 1 heterocycles. The first-order valence-electron chi connectivity index (χ1n) is 10.3. The van der Waals surface area contributed by atoms with Crippen LogP contribution in [0.25, 0.3) is 0 Å². The van der Waals surface area contributed by atoms with Gasteiger partial charge in [-0.3, -0.25) is 14.4 Å². The van der Waals surface area contributed by atoms with Crippen molar-refractivity contribution in [3.63, 3.8) is 0 Å². The second kappa shape index (κ2) is 8.63. The summed E-state index contributed by atoms with van der Waals surface area (Å²) < 4.78 is 15.4. The molecule has 0 radical (unpaired) electrons. The number of aromatic nitrogens is 1. The second-order valence-corrected chi connectivity index (χ2v) is 8.26. The first-order chi connectivity index (χ1) is 14.5. The van der Waals surface area contributed by atoms with Crippen molar-refractivity contribution in [3.05, 3.63) is 52.1 Å². The minimum absolute atomic E-state index is 0.107. The summed E-state index contributed by atoms with van der Waals surface area (Å²) in [6.45, 7) is 4.85. The fourth-order valence-electron chi connectivity index (χ4n) is 4.46. The predicted octanol–water partition coefficient (Wildman–Crippen LogP) is 2.71. The summed E-state index contributed by atoms with van der Waals surface area (Å²) in [6.07, 6.45) is 1.63. The number of Topliss-reactive ketones (excluding diaryl/α,β-unsaturated/α-hetero) is 1. The van der Waals surface area contributed by atoms with Crippen molar-refractivity contribution in [2.45, 2.75) is 58.6 Å². The predicted molar refractivity (Wildman–Crippen MR) is 115 cm³/mol. The standard InChI is InChI=1S/C23H28FN3O4/c1-12-11-16(7-10-18(12)24)27(15-5-8-17(28)9-6-15)23(31)21(29)20-13(2)19(22(25)30)14(3)26(20)4/h7,10-11,15,17,28H,5-6,8-9H2,1-4H3,(H2,25,30). The second-order valence-electron chi connectivity index (χ2n) is 8.26. The zero-order valence-electron chi connectivity index (χ0n) is 18.2. The molecular formula is C23H28FN3O4. The number of aryl methyl sites for hydroxylation is 1. The first-order valence-corrected chi connectivity index (χ1v) is 10.3. The maximum atomic E-state index is 13.9. The smallest absolute Gasteiger partial charge is 0.301 e. The van der Waals surface area contributed by atoms with E-state index in [0.717, 1.165) is 0 Å². The average Bonchev–Trinajstić information content (AvgIpc) is 2.94. The summed E-state index contributed by atoms with van der Waals surface area (Å²) in [4.78, 5) is 40.1. The van der Waals surface area contributed by atoms with Crippen LogP contribution >= 0.6 is 0 Å². The van der Waals surface area contributed by atoms with E-state index in [1.807, 2.05) is 0 Å². The topological polar surface area (TPSA) is 106 Å². The Morgan fingerprint density at radius 3 is 2.26 bits per heavy atom. The summed E-state index contributed by atoms with van der Waals surface area (Å²) in [6, 6.07) is 4.00. The number of nitrogens with zero attached hydrogens (tertiary/aromatic N) is 2. The van der Waals surface area contributed by atoms with Crippen LogP contribution in [0.1, 0.15) is 63.4 Å². The number of primary amides is 1. The van der Waals surface area contributed by atoms with Crippen molar-refractivity contribution in [1.82, 2.24) is 4.57 Å². The van der Waals surface area contributed by atoms with Gasteiger partial charge in [-0.15, -0.1) is 0 Å². The molecule has 0 bridgehead atoms. The number of hydrogen-bond donors (Lipinski definition) is 2. The van der Waals surface area contributed by atoms with Crippen molar-refractivity contribution < 1.29 is 23.9 Å². The lowest BCUT2D eigenvalue weighted by Gasteiger charge is -2.35. The maximum absolute atomic E-state index is 13.9. The Kier molecular flexibility index (Phi) is 6.31. The van der Waals surface area contributed by atoms with Gasteiger partial charge in [-0.05, 0) is 75.8 Å². The number of halogens is 1. The molecular weight excluding hydrogens is 401 g/mol. The lowest BCUT2D eigenvalue weighted by molar-refractivity contribution is -0.115. The van der Waals surface area contributed by atoms with Crippen LogP contribution in [0, 0.1) is 26.6 Å². The Hall–Kier alpha value is -3.00. The Morgan fingerprint density at radius 2 is 1.74 bits per heavy atom. The first kappa shape index (κ1) is 22.7. The number of hydrogen-bond acceptors (Lipinski definition) is 4. The molecule has 2 aromatic rings. The van der Waals surface area contributed by atoms with Gasteiger partial charge in [0.2, 0.25) is 0 Å². The van der Waals surface area contributed by atoms with E-state index in [-0.39, 0.29) is 17.3 Å². The number of ketones is 1. The van der Waals surface area contributed by atoms with E-state index < -0.39 is 29.5 Å². The van der Waals surface area contributed by atoms with Gasteiger partial charge in [0, 0.05) is 24.5 Å². The van der Waals surface area contributed by atoms with E-state index in [9.17, 15) is 23.9 Å². The normalized spacial score (nSPS) is 18.6. The molecule has 0 aliphatic heterocycles. The summed E-state index contributed by atoms with van der Waals surface area (Å²) in [5, 5.41) is 9.88. The van der Waals surface area contributed by atoms with E-state index in [2.05, 4.69) is 0 Å². The van der Waals surface area contributed by atoms with Gasteiger partial charge < -0.3 is 20.3 Å². The quantitative estimate of drug-likeness (QED) is 0.563. The number of rotatable bonds is 5. The van der Waals surface area contributed by atoms with E-state index in [1.165, 1.54) is 21.6 Å². The fourth-order valence-corrected chi connectivity index (χ4v) is 4.46. The molecule has 1 aliphatic carbocycles. The van der Waals surface area contributed by atoms with Gasteiger partial charge >= 0.3 is 5.91 Å². The molecule has 0 spiro atoms. The zero-order valence-corrected chi connectivity index (χ0v) is 18.2. The molecule has 166 valence electrons. The van der Waals surface area contributed by atoms with Crippen LogP contribution in [-0.2, 0) is 11.8 Å². The molecule has 7 nitrogen and oxygen atoms in total. The van der Waals surface area contributed by atoms with Gasteiger partial charge in [0.15, 0.2) is 0 Å². The molecule has 0 atom stereocenters. The molecule has 3 N–H and O–H groups in total. The summed E-state index contributed by atoms with van der Waals surface area (Å²) in [7, 11) is 1.61. The lowest BCUT2D eigenvalue weighted by atomic mass is 9.91. The van der Waals surface area contributed by atoms with Gasteiger partial charge in [0.05, 0.1) is 17.4 Å². The molecule has 0 unspecified atom stereocenters. The molecule has 8 heteroatoms. The van der Waals surface area contributed by atoms with Gasteiger partial charge in [-0.25, -0.2) is 4.39 Å². The minimum Gasteiger partial charge on any atom is -0.393 e. The Labute approximate surface area is 180 Å². The van der Waals surface area contributed by atoms with Crippen LogP contribution in [0.5, 0.6) is 0 Å². The van der Waals surface area contributed by atoms with Gasteiger partial charge in [-0.1, -0.05) is 0 Å². The average molecular weight is 429 g/mol. The SMILES string of the molecule is Cc1cc(N(C(=O)C(=O)c2c(C)c(C(N)=O)c(C)n2C)C2CCC(O)CC2)ccc1F. The molecule has 2 amide bonds. The third-order valence-electron chi connectivity index (χ3n) is 6.26.